The molecule has 0 saturated carbocycles. The highest BCUT2D eigenvalue weighted by atomic mass is 16.3. The van der Waals surface area contributed by atoms with Crippen LogP contribution in [0, 0.1) is 11.3 Å². The number of nitrogens with zero attached hydrogens (tertiary/aromatic N) is 1. The van der Waals surface area contributed by atoms with Crippen LogP contribution in [0.2, 0.25) is 0 Å². The first-order valence-corrected chi connectivity index (χ1v) is 9.52. The summed E-state index contributed by atoms with van der Waals surface area (Å²) >= 11 is 0. The van der Waals surface area contributed by atoms with E-state index in [0.717, 1.165) is 44.5 Å². The van der Waals surface area contributed by atoms with Crippen molar-refractivity contribution in [3.8, 4) is 39.8 Å². The molecule has 2 heteroatoms. The van der Waals surface area contributed by atoms with Crippen molar-refractivity contribution < 1.29 is 4.42 Å². The summed E-state index contributed by atoms with van der Waals surface area (Å²) < 4.78 is 6.49. The molecule has 5 rings (SSSR count). The molecule has 0 bridgehead atoms. The lowest BCUT2D eigenvalue weighted by Gasteiger charge is -2.10. The summed E-state index contributed by atoms with van der Waals surface area (Å²) in [5.74, 6) is 1.55. The van der Waals surface area contributed by atoms with E-state index in [1.807, 2.05) is 78.9 Å². The van der Waals surface area contributed by atoms with Gasteiger partial charge in [0.15, 0.2) is 0 Å². The second-order valence-corrected chi connectivity index (χ2v) is 6.88. The minimum absolute atomic E-state index is 0.602. The quantitative estimate of drug-likeness (QED) is 0.333. The van der Waals surface area contributed by atoms with Crippen LogP contribution < -0.4 is 0 Å². The topological polar surface area (TPSA) is 36.9 Å². The predicted octanol–water partition coefficient (Wildman–Crippen LogP) is 7.31. The van der Waals surface area contributed by atoms with Crippen LogP contribution in [0.15, 0.2) is 108 Å². The summed E-state index contributed by atoms with van der Waals surface area (Å²) in [6, 6.07) is 36.6. The van der Waals surface area contributed by atoms with E-state index in [2.05, 4.69) is 30.3 Å². The summed E-state index contributed by atoms with van der Waals surface area (Å²) in [5.41, 5.74) is 4.50. The molecule has 0 aliphatic carbocycles. The van der Waals surface area contributed by atoms with Crippen LogP contribution in [0.4, 0.5) is 0 Å². The molecule has 0 spiro atoms. The van der Waals surface area contributed by atoms with Crippen molar-refractivity contribution >= 4 is 10.8 Å². The molecule has 1 heterocycles. The average molecular weight is 371 g/mol. The van der Waals surface area contributed by atoms with Crippen molar-refractivity contribution in [2.75, 3.05) is 0 Å². The Kier molecular flexibility index (Phi) is 4.20. The first-order valence-electron chi connectivity index (χ1n) is 9.52. The van der Waals surface area contributed by atoms with E-state index in [9.17, 15) is 5.26 Å². The van der Waals surface area contributed by atoms with Gasteiger partial charge in [0, 0.05) is 21.9 Å². The van der Waals surface area contributed by atoms with E-state index in [0.29, 0.717) is 5.56 Å². The summed E-state index contributed by atoms with van der Waals surface area (Å²) in [7, 11) is 0. The molecule has 0 saturated heterocycles. The van der Waals surface area contributed by atoms with Crippen LogP contribution in [0.25, 0.3) is 44.5 Å². The van der Waals surface area contributed by atoms with Crippen molar-refractivity contribution in [2.45, 2.75) is 0 Å². The van der Waals surface area contributed by atoms with Crippen molar-refractivity contribution in [1.29, 1.82) is 5.26 Å². The fraction of sp³-hybridized carbons (Fsp3) is 0. The number of fused-ring (bicyclic) bond motifs is 1. The van der Waals surface area contributed by atoms with E-state index in [1.165, 1.54) is 0 Å². The van der Waals surface area contributed by atoms with Crippen molar-refractivity contribution in [2.24, 2.45) is 0 Å². The van der Waals surface area contributed by atoms with Gasteiger partial charge in [-0.3, -0.25) is 0 Å². The van der Waals surface area contributed by atoms with Crippen LogP contribution in [0.1, 0.15) is 5.56 Å². The van der Waals surface area contributed by atoms with E-state index in [1.54, 1.807) is 0 Å². The van der Waals surface area contributed by atoms with Gasteiger partial charge >= 0.3 is 0 Å². The van der Waals surface area contributed by atoms with E-state index < -0.39 is 0 Å². The number of rotatable bonds is 3. The Hall–Kier alpha value is -4.09. The summed E-state index contributed by atoms with van der Waals surface area (Å²) in [6.45, 7) is 0. The van der Waals surface area contributed by atoms with Gasteiger partial charge in [-0.25, -0.2) is 0 Å². The van der Waals surface area contributed by atoms with Gasteiger partial charge in [-0.15, -0.1) is 0 Å². The zero-order chi connectivity index (χ0) is 19.6. The molecule has 136 valence electrons. The molecule has 2 nitrogen and oxygen atoms in total. The molecule has 0 amide bonds. The Bertz CT molecular complexity index is 1340. The lowest BCUT2D eigenvalue weighted by atomic mass is 9.92. The first-order chi connectivity index (χ1) is 14.4. The fourth-order valence-corrected chi connectivity index (χ4v) is 3.83. The molecule has 0 atom stereocenters. The Morgan fingerprint density at radius 2 is 1.14 bits per heavy atom. The van der Waals surface area contributed by atoms with Gasteiger partial charge in [-0.05, 0) is 17.2 Å². The largest absolute Gasteiger partial charge is 0.455 e. The van der Waals surface area contributed by atoms with Crippen LogP contribution in [-0.2, 0) is 0 Å². The molecule has 29 heavy (non-hydrogen) atoms. The molecule has 0 unspecified atom stereocenters. The van der Waals surface area contributed by atoms with E-state index in [-0.39, 0.29) is 0 Å². The molecule has 0 radical (unpaired) electrons. The van der Waals surface area contributed by atoms with Gasteiger partial charge in [0.05, 0.1) is 11.6 Å². The van der Waals surface area contributed by atoms with E-state index >= 15 is 0 Å². The number of nitriles is 1. The maximum absolute atomic E-state index is 9.86. The third-order valence-corrected chi connectivity index (χ3v) is 5.15. The lowest BCUT2D eigenvalue weighted by Crippen LogP contribution is -1.89. The van der Waals surface area contributed by atoms with Gasteiger partial charge in [0.1, 0.15) is 11.5 Å². The Balaban J connectivity index is 1.86. The molecule has 0 aliphatic heterocycles. The van der Waals surface area contributed by atoms with Crippen LogP contribution in [0.5, 0.6) is 0 Å². The highest BCUT2D eigenvalue weighted by Gasteiger charge is 2.21. The summed E-state index contributed by atoms with van der Waals surface area (Å²) in [4.78, 5) is 0. The molecular formula is C27H17NO. The second kappa shape index (κ2) is 7.14. The highest BCUT2D eigenvalue weighted by molar-refractivity contribution is 6.05. The second-order valence-electron chi connectivity index (χ2n) is 6.88. The predicted molar refractivity (Wildman–Crippen MR) is 117 cm³/mol. The van der Waals surface area contributed by atoms with Crippen LogP contribution in [0.3, 0.4) is 0 Å². The Morgan fingerprint density at radius 3 is 1.79 bits per heavy atom. The number of hydrogen-bond acceptors (Lipinski definition) is 2. The van der Waals surface area contributed by atoms with Crippen molar-refractivity contribution in [3.63, 3.8) is 0 Å². The number of hydrogen-bond donors (Lipinski definition) is 0. The molecular weight excluding hydrogens is 354 g/mol. The molecule has 5 aromatic rings. The highest BCUT2D eigenvalue weighted by Crippen LogP contribution is 2.43. The molecule has 0 aliphatic rings. The van der Waals surface area contributed by atoms with E-state index in [4.69, 9.17) is 4.42 Å². The van der Waals surface area contributed by atoms with Gasteiger partial charge in [0.2, 0.25) is 0 Å². The molecule has 4 aromatic carbocycles. The van der Waals surface area contributed by atoms with Gasteiger partial charge in [0.25, 0.3) is 0 Å². The van der Waals surface area contributed by atoms with Gasteiger partial charge in [-0.2, -0.15) is 5.26 Å². The van der Waals surface area contributed by atoms with Gasteiger partial charge < -0.3 is 4.42 Å². The van der Waals surface area contributed by atoms with Gasteiger partial charge in [-0.1, -0.05) is 97.1 Å². The van der Waals surface area contributed by atoms with Crippen molar-refractivity contribution in [3.05, 3.63) is 109 Å². The molecule has 0 N–H and O–H groups in total. The maximum Gasteiger partial charge on any atom is 0.144 e. The third kappa shape index (κ3) is 2.90. The molecule has 0 fully saturated rings. The Labute approximate surface area is 169 Å². The van der Waals surface area contributed by atoms with Crippen molar-refractivity contribution in [1.82, 2.24) is 0 Å². The SMILES string of the molecule is N#Cc1cccc(-c2ccccc2)c1-c1oc(-c2ccccc2)c2ccccc12. The monoisotopic (exact) mass is 371 g/mol. The van der Waals surface area contributed by atoms with Crippen LogP contribution in [-0.4, -0.2) is 0 Å². The summed E-state index contributed by atoms with van der Waals surface area (Å²) in [5, 5.41) is 11.9. The smallest absolute Gasteiger partial charge is 0.144 e. The third-order valence-electron chi connectivity index (χ3n) is 5.15. The zero-order valence-corrected chi connectivity index (χ0v) is 15.7. The fourth-order valence-electron chi connectivity index (χ4n) is 3.83. The standard InChI is InChI=1S/C27H17NO/c28-18-21-14-9-17-22(19-10-3-1-4-11-19)25(21)27-24-16-8-7-15-23(24)26(29-27)20-12-5-2-6-13-20/h1-17H. The number of benzene rings is 4. The Morgan fingerprint density at radius 1 is 0.552 bits per heavy atom. The molecule has 1 aromatic heterocycles. The summed E-state index contributed by atoms with van der Waals surface area (Å²) in [6.07, 6.45) is 0. The first kappa shape index (κ1) is 17.0. The zero-order valence-electron chi connectivity index (χ0n) is 15.7. The minimum atomic E-state index is 0.602. The number of furan rings is 1. The lowest BCUT2D eigenvalue weighted by molar-refractivity contribution is 0.602. The maximum atomic E-state index is 9.86. The normalized spacial score (nSPS) is 10.7. The van der Waals surface area contributed by atoms with Crippen LogP contribution >= 0.6 is 0 Å². The average Bonchev–Trinajstić information content (AvgIpc) is 3.19. The minimum Gasteiger partial charge on any atom is -0.455 e.